The summed E-state index contributed by atoms with van der Waals surface area (Å²) in [5, 5.41) is 5.52. The molecular weight excluding hydrogens is 511 g/mol. The molecule has 2 amide bonds. The van der Waals surface area contributed by atoms with Crippen LogP contribution in [0.25, 0.3) is 11.1 Å². The second-order valence-electron chi connectivity index (χ2n) is 10.0. The lowest BCUT2D eigenvalue weighted by molar-refractivity contribution is -0.137. The molecule has 2 N–H and O–H groups in total. The van der Waals surface area contributed by atoms with E-state index in [9.17, 15) is 22.8 Å². The monoisotopic (exact) mass is 539 g/mol. The molecule has 1 aliphatic carbocycles. The third-order valence-electron chi connectivity index (χ3n) is 6.95. The van der Waals surface area contributed by atoms with Crippen LogP contribution in [0, 0.1) is 0 Å². The number of carbonyl (C=O) groups excluding carboxylic acids is 2. The van der Waals surface area contributed by atoms with E-state index in [1.165, 1.54) is 6.07 Å². The lowest BCUT2D eigenvalue weighted by Gasteiger charge is -2.18. The summed E-state index contributed by atoms with van der Waals surface area (Å²) >= 11 is 0. The fraction of sp³-hybridized carbons (Fsp3) is 0.310. The normalized spacial score (nSPS) is 15.2. The zero-order chi connectivity index (χ0) is 27.8. The van der Waals surface area contributed by atoms with Gasteiger partial charge < -0.3 is 25.0 Å². The van der Waals surface area contributed by atoms with E-state index in [0.717, 1.165) is 17.7 Å². The van der Waals surface area contributed by atoms with Crippen molar-refractivity contribution >= 4 is 17.5 Å². The Kier molecular flexibility index (Phi) is 6.98. The molecule has 2 aliphatic rings. The quantitative estimate of drug-likeness (QED) is 0.418. The highest BCUT2D eigenvalue weighted by atomic mass is 19.4. The van der Waals surface area contributed by atoms with E-state index in [2.05, 4.69) is 10.6 Å². The summed E-state index contributed by atoms with van der Waals surface area (Å²) in [6, 6.07) is 15.1. The first kappa shape index (κ1) is 26.6. The first-order valence-corrected chi connectivity index (χ1v) is 12.5. The number of nitrogens with zero attached hydrogens (tertiary/aromatic N) is 1. The largest absolute Gasteiger partial charge is 0.454 e. The number of anilines is 1. The van der Waals surface area contributed by atoms with Gasteiger partial charge in [-0.05, 0) is 86.1 Å². The van der Waals surface area contributed by atoms with Gasteiger partial charge >= 0.3 is 6.18 Å². The molecule has 7 nitrogen and oxygen atoms in total. The van der Waals surface area contributed by atoms with Crippen LogP contribution in [0.1, 0.15) is 34.3 Å². The van der Waals surface area contributed by atoms with E-state index < -0.39 is 17.2 Å². The van der Waals surface area contributed by atoms with Crippen LogP contribution in [0.15, 0.2) is 60.7 Å². The highest BCUT2D eigenvalue weighted by Gasteiger charge is 2.51. The average Bonchev–Trinajstić information content (AvgIpc) is 3.58. The van der Waals surface area contributed by atoms with Crippen LogP contribution in [-0.4, -0.2) is 50.7 Å². The number of hydrogen-bond acceptors (Lipinski definition) is 5. The topological polar surface area (TPSA) is 79.9 Å². The molecule has 0 saturated heterocycles. The van der Waals surface area contributed by atoms with Crippen molar-refractivity contribution in [2.24, 2.45) is 0 Å². The Balaban J connectivity index is 1.37. The van der Waals surface area contributed by atoms with Crippen molar-refractivity contribution in [2.75, 3.05) is 39.3 Å². The maximum absolute atomic E-state index is 13.8. The van der Waals surface area contributed by atoms with E-state index in [0.29, 0.717) is 48.6 Å². The molecule has 0 unspecified atom stereocenters. The van der Waals surface area contributed by atoms with Gasteiger partial charge in [-0.3, -0.25) is 9.59 Å². The van der Waals surface area contributed by atoms with Crippen molar-refractivity contribution in [3.05, 3.63) is 77.4 Å². The molecule has 0 bridgehead atoms. The van der Waals surface area contributed by atoms with E-state index in [1.807, 2.05) is 19.0 Å². The van der Waals surface area contributed by atoms with Gasteiger partial charge in [0, 0.05) is 24.3 Å². The molecule has 0 aromatic heterocycles. The lowest BCUT2D eigenvalue weighted by Crippen LogP contribution is -2.31. The number of fused-ring (bicyclic) bond motifs is 1. The second kappa shape index (κ2) is 10.3. The first-order chi connectivity index (χ1) is 18.5. The molecular formula is C29H28F3N3O4. The van der Waals surface area contributed by atoms with Gasteiger partial charge in [0.25, 0.3) is 5.91 Å². The predicted molar refractivity (Wildman–Crippen MR) is 140 cm³/mol. The summed E-state index contributed by atoms with van der Waals surface area (Å²) in [6.07, 6.45) is -3.47. The molecule has 3 aromatic carbocycles. The van der Waals surface area contributed by atoms with Crippen molar-refractivity contribution in [2.45, 2.75) is 24.4 Å². The van der Waals surface area contributed by atoms with Gasteiger partial charge in [-0.1, -0.05) is 18.2 Å². The Morgan fingerprint density at radius 1 is 0.923 bits per heavy atom. The maximum Gasteiger partial charge on any atom is 0.416 e. The van der Waals surface area contributed by atoms with Crippen LogP contribution in [0.4, 0.5) is 18.9 Å². The molecule has 10 heteroatoms. The van der Waals surface area contributed by atoms with Crippen LogP contribution >= 0.6 is 0 Å². The number of nitrogens with one attached hydrogen (secondary N) is 2. The SMILES string of the molecule is CN(C)CCNC(=O)c1ccc(-c2cc(NC(=O)C3(c4ccc5c(c4)OCO5)CC3)cc(C(F)(F)F)c2)cc1. The maximum atomic E-state index is 13.8. The molecule has 0 radical (unpaired) electrons. The summed E-state index contributed by atoms with van der Waals surface area (Å²) in [7, 11) is 3.79. The first-order valence-electron chi connectivity index (χ1n) is 12.5. The average molecular weight is 540 g/mol. The number of likely N-dealkylation sites (N-methyl/N-ethyl adjacent to an activating group) is 1. The van der Waals surface area contributed by atoms with Gasteiger partial charge in [0.2, 0.25) is 12.7 Å². The minimum atomic E-state index is -4.61. The molecule has 1 saturated carbocycles. The molecule has 1 heterocycles. The standard InChI is InChI=1S/C29H28F3N3O4/c1-35(2)12-11-33-26(36)19-5-3-18(4-6-19)20-13-22(29(30,31)32)15-23(14-20)34-27(37)28(9-10-28)21-7-8-24-25(16-21)39-17-38-24/h3-8,13-16H,9-12,17H2,1-2H3,(H,33,36)(H,34,37). The number of amides is 2. The molecule has 3 aromatic rings. The number of ether oxygens (including phenoxy) is 2. The lowest BCUT2D eigenvalue weighted by atomic mass is 9.94. The molecule has 1 aliphatic heterocycles. The van der Waals surface area contributed by atoms with Gasteiger partial charge in [-0.15, -0.1) is 0 Å². The van der Waals surface area contributed by atoms with Gasteiger partial charge in [0.05, 0.1) is 11.0 Å². The van der Waals surface area contributed by atoms with Crippen LogP contribution in [0.5, 0.6) is 11.5 Å². The Hall–Kier alpha value is -4.05. The zero-order valence-electron chi connectivity index (χ0n) is 21.5. The number of hydrogen-bond donors (Lipinski definition) is 2. The van der Waals surface area contributed by atoms with E-state index in [4.69, 9.17) is 9.47 Å². The number of benzene rings is 3. The molecule has 204 valence electrons. The summed E-state index contributed by atoms with van der Waals surface area (Å²) < 4.78 is 52.1. The van der Waals surface area contributed by atoms with Crippen LogP contribution in [0.3, 0.4) is 0 Å². The van der Waals surface area contributed by atoms with E-state index in [-0.39, 0.29) is 29.9 Å². The fourth-order valence-corrected chi connectivity index (χ4v) is 4.56. The Morgan fingerprint density at radius 3 is 2.31 bits per heavy atom. The van der Waals surface area contributed by atoms with Gasteiger partial charge in [0.1, 0.15) is 0 Å². The van der Waals surface area contributed by atoms with Crippen LogP contribution in [-0.2, 0) is 16.4 Å². The molecule has 0 spiro atoms. The minimum Gasteiger partial charge on any atom is -0.454 e. The highest BCUT2D eigenvalue weighted by Crippen LogP contribution is 2.51. The molecule has 1 fully saturated rings. The van der Waals surface area contributed by atoms with Gasteiger partial charge in [0.15, 0.2) is 11.5 Å². The smallest absolute Gasteiger partial charge is 0.416 e. The van der Waals surface area contributed by atoms with Crippen molar-refractivity contribution < 1.29 is 32.2 Å². The van der Waals surface area contributed by atoms with Crippen molar-refractivity contribution in [3.8, 4) is 22.6 Å². The number of carbonyl (C=O) groups is 2. The summed E-state index contributed by atoms with van der Waals surface area (Å²) in [6.45, 7) is 1.25. The van der Waals surface area contributed by atoms with Gasteiger partial charge in [-0.25, -0.2) is 0 Å². The minimum absolute atomic E-state index is 0.0438. The number of halogens is 3. The van der Waals surface area contributed by atoms with Gasteiger partial charge in [-0.2, -0.15) is 13.2 Å². The Bertz CT molecular complexity index is 1400. The Labute approximate surface area is 223 Å². The van der Waals surface area contributed by atoms with Crippen LogP contribution in [0.2, 0.25) is 0 Å². The predicted octanol–water partition coefficient (Wildman–Crippen LogP) is 5.06. The highest BCUT2D eigenvalue weighted by molar-refractivity contribution is 6.02. The third kappa shape index (κ3) is 5.70. The van der Waals surface area contributed by atoms with Crippen molar-refractivity contribution in [1.29, 1.82) is 0 Å². The molecule has 5 rings (SSSR count). The number of rotatable bonds is 8. The van der Waals surface area contributed by atoms with E-state index in [1.54, 1.807) is 42.5 Å². The zero-order valence-corrected chi connectivity index (χ0v) is 21.5. The molecule has 0 atom stereocenters. The summed E-state index contributed by atoms with van der Waals surface area (Å²) in [4.78, 5) is 27.7. The second-order valence-corrected chi connectivity index (χ2v) is 10.0. The van der Waals surface area contributed by atoms with Crippen LogP contribution < -0.4 is 20.1 Å². The molecule has 39 heavy (non-hydrogen) atoms. The number of alkyl halides is 3. The third-order valence-corrected chi connectivity index (χ3v) is 6.95. The van der Waals surface area contributed by atoms with Crippen molar-refractivity contribution in [3.63, 3.8) is 0 Å². The summed E-state index contributed by atoms with van der Waals surface area (Å²) in [5.41, 5.74) is 0.215. The van der Waals surface area contributed by atoms with Crippen molar-refractivity contribution in [1.82, 2.24) is 10.2 Å². The fourth-order valence-electron chi connectivity index (χ4n) is 4.56. The summed E-state index contributed by atoms with van der Waals surface area (Å²) in [5.74, 6) is 0.493. The van der Waals surface area contributed by atoms with E-state index >= 15 is 0 Å². The Morgan fingerprint density at radius 2 is 1.64 bits per heavy atom.